The van der Waals surface area contributed by atoms with Gasteiger partial charge in [0.1, 0.15) is 11.8 Å². The van der Waals surface area contributed by atoms with Gasteiger partial charge in [-0.3, -0.25) is 0 Å². The van der Waals surface area contributed by atoms with E-state index in [1.54, 1.807) is 12.1 Å². The summed E-state index contributed by atoms with van der Waals surface area (Å²) in [4.78, 5) is 0. The third-order valence-corrected chi connectivity index (χ3v) is 3.75. The van der Waals surface area contributed by atoms with Crippen LogP contribution < -0.4 is 10.1 Å². The monoisotopic (exact) mass is 340 g/mol. The molecular formula is C15H11Cl3N2O. The number of rotatable bonds is 5. The first kappa shape index (κ1) is 15.8. The van der Waals surface area contributed by atoms with E-state index in [2.05, 4.69) is 5.32 Å². The van der Waals surface area contributed by atoms with Gasteiger partial charge in [-0.15, -0.1) is 0 Å². The SMILES string of the molecule is N#CCOc1ccc(CNc2cc(Cl)c(Cl)cc2Cl)cc1. The van der Waals surface area contributed by atoms with E-state index in [0.717, 1.165) is 11.3 Å². The third-order valence-electron chi connectivity index (χ3n) is 2.72. The molecule has 0 aliphatic carbocycles. The molecule has 0 radical (unpaired) electrons. The molecule has 0 saturated heterocycles. The molecule has 0 saturated carbocycles. The number of halogens is 3. The summed E-state index contributed by atoms with van der Waals surface area (Å²) in [6, 6.07) is 12.7. The van der Waals surface area contributed by atoms with Crippen LogP contribution in [0.1, 0.15) is 5.56 Å². The normalized spacial score (nSPS) is 10.0. The molecule has 1 N–H and O–H groups in total. The van der Waals surface area contributed by atoms with Gasteiger partial charge in [-0.2, -0.15) is 5.26 Å². The zero-order chi connectivity index (χ0) is 15.2. The lowest BCUT2D eigenvalue weighted by Crippen LogP contribution is -2.00. The lowest BCUT2D eigenvalue weighted by atomic mass is 10.2. The number of ether oxygens (including phenoxy) is 1. The minimum Gasteiger partial charge on any atom is -0.479 e. The first-order valence-corrected chi connectivity index (χ1v) is 7.20. The summed E-state index contributed by atoms with van der Waals surface area (Å²) in [7, 11) is 0. The van der Waals surface area contributed by atoms with E-state index >= 15 is 0 Å². The summed E-state index contributed by atoms with van der Waals surface area (Å²) in [5.74, 6) is 0.660. The number of benzene rings is 2. The molecule has 0 bridgehead atoms. The summed E-state index contributed by atoms with van der Waals surface area (Å²) in [5.41, 5.74) is 1.76. The molecule has 6 heteroatoms. The Hall–Kier alpha value is -1.60. The van der Waals surface area contributed by atoms with Crippen LogP contribution in [0.3, 0.4) is 0 Å². The van der Waals surface area contributed by atoms with Crippen LogP contribution in [0.4, 0.5) is 5.69 Å². The highest BCUT2D eigenvalue weighted by molar-refractivity contribution is 6.44. The van der Waals surface area contributed by atoms with Crippen LogP contribution in [0.5, 0.6) is 5.75 Å². The minimum atomic E-state index is 0.0382. The molecule has 0 spiro atoms. The van der Waals surface area contributed by atoms with Gasteiger partial charge in [-0.25, -0.2) is 0 Å². The van der Waals surface area contributed by atoms with Gasteiger partial charge in [0.2, 0.25) is 0 Å². The van der Waals surface area contributed by atoms with Crippen molar-refractivity contribution in [3.8, 4) is 11.8 Å². The fourth-order valence-electron chi connectivity index (χ4n) is 1.67. The number of hydrogen-bond donors (Lipinski definition) is 1. The maximum atomic E-state index is 8.44. The first-order chi connectivity index (χ1) is 10.1. The standard InChI is InChI=1S/C15H11Cl3N2O/c16-12-7-14(18)15(8-13(12)17)20-9-10-1-3-11(4-2-10)21-6-5-19/h1-4,7-8,20H,6,9H2. The predicted octanol–water partition coefficient (Wildman–Crippen LogP) is 5.16. The average molecular weight is 342 g/mol. The highest BCUT2D eigenvalue weighted by Gasteiger charge is 2.05. The number of hydrogen-bond acceptors (Lipinski definition) is 3. The molecular weight excluding hydrogens is 331 g/mol. The maximum Gasteiger partial charge on any atom is 0.174 e. The fourth-order valence-corrected chi connectivity index (χ4v) is 2.29. The molecule has 0 aliphatic heterocycles. The lowest BCUT2D eigenvalue weighted by Gasteiger charge is -2.10. The van der Waals surface area contributed by atoms with Crippen molar-refractivity contribution < 1.29 is 4.74 Å². The quantitative estimate of drug-likeness (QED) is 0.764. The van der Waals surface area contributed by atoms with E-state index in [4.69, 9.17) is 44.8 Å². The second-order valence-corrected chi connectivity index (χ2v) is 5.41. The number of nitriles is 1. The largest absolute Gasteiger partial charge is 0.479 e. The Morgan fingerprint density at radius 2 is 1.67 bits per heavy atom. The Kier molecular flexibility index (Phi) is 5.58. The molecule has 0 atom stereocenters. The van der Waals surface area contributed by atoms with Crippen molar-refractivity contribution in [3.05, 3.63) is 57.0 Å². The Labute approximate surface area is 138 Å². The van der Waals surface area contributed by atoms with Crippen molar-refractivity contribution >= 4 is 40.5 Å². The van der Waals surface area contributed by atoms with Crippen molar-refractivity contribution in [1.29, 1.82) is 5.26 Å². The molecule has 108 valence electrons. The smallest absolute Gasteiger partial charge is 0.174 e. The second-order valence-electron chi connectivity index (χ2n) is 4.19. The van der Waals surface area contributed by atoms with E-state index in [9.17, 15) is 0 Å². The second kappa shape index (κ2) is 7.42. The highest BCUT2D eigenvalue weighted by Crippen LogP contribution is 2.32. The van der Waals surface area contributed by atoms with Crippen LogP contribution in [0.25, 0.3) is 0 Å². The number of anilines is 1. The molecule has 0 aliphatic rings. The van der Waals surface area contributed by atoms with Crippen LogP contribution in [-0.2, 0) is 6.54 Å². The summed E-state index contributed by atoms with van der Waals surface area (Å²) in [6.07, 6.45) is 0. The Bertz CT molecular complexity index is 666. The Morgan fingerprint density at radius 3 is 2.33 bits per heavy atom. The summed E-state index contributed by atoms with van der Waals surface area (Å²) in [5, 5.41) is 13.0. The van der Waals surface area contributed by atoms with E-state index < -0.39 is 0 Å². The van der Waals surface area contributed by atoms with Crippen LogP contribution >= 0.6 is 34.8 Å². The fraction of sp³-hybridized carbons (Fsp3) is 0.133. The van der Waals surface area contributed by atoms with Crippen LogP contribution in [0.2, 0.25) is 15.1 Å². The van der Waals surface area contributed by atoms with Gasteiger partial charge >= 0.3 is 0 Å². The molecule has 0 unspecified atom stereocenters. The summed E-state index contributed by atoms with van der Waals surface area (Å²) in [6.45, 7) is 0.618. The van der Waals surface area contributed by atoms with Crippen molar-refractivity contribution in [2.75, 3.05) is 11.9 Å². The molecule has 21 heavy (non-hydrogen) atoms. The van der Waals surface area contributed by atoms with E-state index in [1.807, 2.05) is 30.3 Å². The van der Waals surface area contributed by atoms with E-state index in [1.165, 1.54) is 0 Å². The van der Waals surface area contributed by atoms with Gasteiger partial charge in [-0.05, 0) is 29.8 Å². The average Bonchev–Trinajstić information content (AvgIpc) is 2.48. The van der Waals surface area contributed by atoms with Crippen LogP contribution in [-0.4, -0.2) is 6.61 Å². The van der Waals surface area contributed by atoms with Crippen LogP contribution in [0, 0.1) is 11.3 Å². The highest BCUT2D eigenvalue weighted by atomic mass is 35.5. The molecule has 0 aromatic heterocycles. The van der Waals surface area contributed by atoms with Gasteiger partial charge in [0.15, 0.2) is 6.61 Å². The molecule has 0 heterocycles. The van der Waals surface area contributed by atoms with Crippen molar-refractivity contribution in [1.82, 2.24) is 0 Å². The maximum absolute atomic E-state index is 8.44. The zero-order valence-electron chi connectivity index (χ0n) is 10.9. The third kappa shape index (κ3) is 4.44. The van der Waals surface area contributed by atoms with Crippen molar-refractivity contribution in [3.63, 3.8) is 0 Å². The minimum absolute atomic E-state index is 0.0382. The van der Waals surface area contributed by atoms with Crippen LogP contribution in [0.15, 0.2) is 36.4 Å². The van der Waals surface area contributed by atoms with Gasteiger partial charge < -0.3 is 10.1 Å². The number of nitrogens with one attached hydrogen (secondary N) is 1. The summed E-state index contributed by atoms with van der Waals surface area (Å²) >= 11 is 17.9. The van der Waals surface area contributed by atoms with Gasteiger partial charge in [0.25, 0.3) is 0 Å². The molecule has 3 nitrogen and oxygen atoms in total. The van der Waals surface area contributed by atoms with Gasteiger partial charge in [0.05, 0.1) is 20.8 Å². The first-order valence-electron chi connectivity index (χ1n) is 6.07. The molecule has 2 aromatic rings. The predicted molar refractivity (Wildman–Crippen MR) is 86.3 cm³/mol. The van der Waals surface area contributed by atoms with Crippen molar-refractivity contribution in [2.24, 2.45) is 0 Å². The van der Waals surface area contributed by atoms with Gasteiger partial charge in [-0.1, -0.05) is 46.9 Å². The molecule has 2 aromatic carbocycles. The zero-order valence-corrected chi connectivity index (χ0v) is 13.1. The summed E-state index contributed by atoms with van der Waals surface area (Å²) < 4.78 is 5.19. The Morgan fingerprint density at radius 1 is 1.00 bits per heavy atom. The van der Waals surface area contributed by atoms with E-state index in [0.29, 0.717) is 27.4 Å². The Balaban J connectivity index is 2.00. The number of nitrogens with zero attached hydrogens (tertiary/aromatic N) is 1. The van der Waals surface area contributed by atoms with Gasteiger partial charge in [0, 0.05) is 6.54 Å². The van der Waals surface area contributed by atoms with E-state index in [-0.39, 0.29) is 6.61 Å². The molecule has 0 fully saturated rings. The molecule has 0 amide bonds. The molecule has 2 rings (SSSR count). The van der Waals surface area contributed by atoms with Crippen molar-refractivity contribution in [2.45, 2.75) is 6.54 Å². The lowest BCUT2D eigenvalue weighted by molar-refractivity contribution is 0.368. The topological polar surface area (TPSA) is 45.0 Å².